The Morgan fingerprint density at radius 1 is 1.14 bits per heavy atom. The van der Waals surface area contributed by atoms with E-state index in [1.165, 1.54) is 18.2 Å². The molecule has 2 aromatic heterocycles. The lowest BCUT2D eigenvalue weighted by Gasteiger charge is -2.06. The number of aromatic nitrogens is 2. The van der Waals surface area contributed by atoms with Gasteiger partial charge in [-0.15, -0.1) is 0 Å². The first-order valence-electron chi connectivity index (χ1n) is 8.82. The fourth-order valence-corrected chi connectivity index (χ4v) is 3.05. The first kappa shape index (κ1) is 18.3. The van der Waals surface area contributed by atoms with E-state index < -0.39 is 4.92 Å². The van der Waals surface area contributed by atoms with Gasteiger partial charge in [0.05, 0.1) is 17.7 Å². The second kappa shape index (κ2) is 7.89. The Labute approximate surface area is 165 Å². The van der Waals surface area contributed by atoms with Crippen molar-refractivity contribution in [2.24, 2.45) is 5.10 Å². The summed E-state index contributed by atoms with van der Waals surface area (Å²) in [6.45, 7) is 0.401. The van der Waals surface area contributed by atoms with Crippen LogP contribution in [0.4, 0.5) is 15.9 Å². The van der Waals surface area contributed by atoms with Crippen LogP contribution in [0, 0.1) is 15.9 Å². The van der Waals surface area contributed by atoms with Gasteiger partial charge in [0.2, 0.25) is 0 Å². The molecule has 0 atom stereocenters. The van der Waals surface area contributed by atoms with Crippen molar-refractivity contribution in [1.82, 2.24) is 9.55 Å². The fraction of sp³-hybridized carbons (Fsp3) is 0.0476. The zero-order valence-electron chi connectivity index (χ0n) is 15.2. The van der Waals surface area contributed by atoms with Crippen LogP contribution >= 0.6 is 0 Å². The zero-order valence-corrected chi connectivity index (χ0v) is 15.2. The Morgan fingerprint density at radius 3 is 2.69 bits per heavy atom. The molecule has 0 saturated carbocycles. The van der Waals surface area contributed by atoms with Gasteiger partial charge in [0.15, 0.2) is 0 Å². The van der Waals surface area contributed by atoms with Gasteiger partial charge in [-0.05, 0) is 18.2 Å². The van der Waals surface area contributed by atoms with E-state index in [0.29, 0.717) is 17.9 Å². The van der Waals surface area contributed by atoms with Gasteiger partial charge in [-0.3, -0.25) is 15.5 Å². The van der Waals surface area contributed by atoms with Crippen LogP contribution < -0.4 is 5.43 Å². The average Bonchev–Trinajstić information content (AvgIpc) is 3.08. The molecular weight excluding hydrogens is 373 g/mol. The first-order chi connectivity index (χ1) is 14.1. The molecule has 7 nitrogen and oxygen atoms in total. The van der Waals surface area contributed by atoms with Gasteiger partial charge in [0.1, 0.15) is 17.8 Å². The predicted molar refractivity (Wildman–Crippen MR) is 110 cm³/mol. The van der Waals surface area contributed by atoms with E-state index >= 15 is 0 Å². The normalized spacial score (nSPS) is 11.2. The molecule has 0 radical (unpaired) electrons. The number of anilines is 1. The van der Waals surface area contributed by atoms with Gasteiger partial charge < -0.3 is 4.57 Å². The van der Waals surface area contributed by atoms with Crippen molar-refractivity contribution in [2.45, 2.75) is 6.54 Å². The van der Waals surface area contributed by atoms with Crippen LogP contribution in [0.25, 0.3) is 10.9 Å². The fourth-order valence-electron chi connectivity index (χ4n) is 3.05. The Morgan fingerprint density at radius 2 is 1.93 bits per heavy atom. The predicted octanol–water partition coefficient (Wildman–Crippen LogP) is 4.58. The number of hydrogen-bond donors (Lipinski definition) is 1. The number of fused-ring (bicyclic) bond motifs is 1. The van der Waals surface area contributed by atoms with Gasteiger partial charge in [-0.1, -0.05) is 36.4 Å². The standard InChI is InChI=1S/C21H16FN5O2/c22-19-7-3-1-5-15(19)13-26-14-16(18-6-2-4-8-20(18)26)11-24-25-21-10-9-17(12-23-21)27(28)29/h1-12,14H,13H2,(H,23,25)/b24-11+. The van der Waals surface area contributed by atoms with E-state index in [1.54, 1.807) is 18.3 Å². The topological polar surface area (TPSA) is 85.4 Å². The van der Waals surface area contributed by atoms with Gasteiger partial charge in [0.25, 0.3) is 5.69 Å². The first-order valence-corrected chi connectivity index (χ1v) is 8.82. The molecule has 0 saturated heterocycles. The SMILES string of the molecule is O=[N+]([O-])c1ccc(N/N=C/c2cn(Cc3ccccc3F)c3ccccc23)nc1. The number of hydrazone groups is 1. The van der Waals surface area contributed by atoms with Crippen LogP contribution in [0.3, 0.4) is 0 Å². The minimum atomic E-state index is -0.509. The number of nitrogens with one attached hydrogen (secondary N) is 1. The Hall–Kier alpha value is -4.07. The molecular formula is C21H16FN5O2. The molecule has 0 bridgehead atoms. The highest BCUT2D eigenvalue weighted by Gasteiger charge is 2.09. The largest absolute Gasteiger partial charge is 0.342 e. The zero-order chi connectivity index (χ0) is 20.2. The molecule has 144 valence electrons. The highest BCUT2D eigenvalue weighted by molar-refractivity contribution is 5.99. The van der Waals surface area contributed by atoms with Crippen LogP contribution in [0.15, 0.2) is 78.2 Å². The van der Waals surface area contributed by atoms with E-state index in [1.807, 2.05) is 41.1 Å². The minimum absolute atomic E-state index is 0.0873. The second-order valence-corrected chi connectivity index (χ2v) is 6.35. The molecule has 4 rings (SSSR count). The van der Waals surface area contributed by atoms with E-state index in [4.69, 9.17) is 0 Å². The summed E-state index contributed by atoms with van der Waals surface area (Å²) in [5.41, 5.74) is 5.09. The van der Waals surface area contributed by atoms with Crippen LogP contribution in [-0.4, -0.2) is 20.7 Å². The van der Waals surface area contributed by atoms with Crippen LogP contribution in [0.1, 0.15) is 11.1 Å². The number of nitrogens with zero attached hydrogens (tertiary/aromatic N) is 4. The number of rotatable bonds is 6. The van der Waals surface area contributed by atoms with Gasteiger partial charge in [-0.25, -0.2) is 9.37 Å². The lowest BCUT2D eigenvalue weighted by atomic mass is 10.2. The summed E-state index contributed by atoms with van der Waals surface area (Å²) in [5.74, 6) is 0.147. The monoisotopic (exact) mass is 389 g/mol. The van der Waals surface area contributed by atoms with E-state index in [0.717, 1.165) is 22.7 Å². The maximum absolute atomic E-state index is 14.1. The van der Waals surface area contributed by atoms with Crippen molar-refractivity contribution >= 4 is 28.6 Å². The number of benzene rings is 2. The quantitative estimate of drug-likeness (QED) is 0.297. The summed E-state index contributed by atoms with van der Waals surface area (Å²) >= 11 is 0. The molecule has 2 heterocycles. The maximum atomic E-state index is 14.1. The van der Waals surface area contributed by atoms with Crippen LogP contribution in [-0.2, 0) is 6.54 Å². The van der Waals surface area contributed by atoms with Crippen molar-refractivity contribution in [3.8, 4) is 0 Å². The lowest BCUT2D eigenvalue weighted by Crippen LogP contribution is -2.00. The number of para-hydroxylation sites is 1. The maximum Gasteiger partial charge on any atom is 0.287 e. The number of halogens is 1. The molecule has 0 fully saturated rings. The second-order valence-electron chi connectivity index (χ2n) is 6.35. The lowest BCUT2D eigenvalue weighted by molar-refractivity contribution is -0.385. The summed E-state index contributed by atoms with van der Waals surface area (Å²) in [4.78, 5) is 14.1. The Kier molecular flexibility index (Phi) is 4.98. The van der Waals surface area contributed by atoms with E-state index in [-0.39, 0.29) is 11.5 Å². The minimum Gasteiger partial charge on any atom is -0.342 e. The van der Waals surface area contributed by atoms with Crippen molar-refractivity contribution in [3.63, 3.8) is 0 Å². The van der Waals surface area contributed by atoms with Crippen molar-refractivity contribution in [1.29, 1.82) is 0 Å². The third-order valence-corrected chi connectivity index (χ3v) is 4.46. The smallest absolute Gasteiger partial charge is 0.287 e. The van der Waals surface area contributed by atoms with Gasteiger partial charge in [-0.2, -0.15) is 5.10 Å². The molecule has 0 aliphatic heterocycles. The Bertz CT molecular complexity index is 1200. The van der Waals surface area contributed by atoms with Gasteiger partial charge >= 0.3 is 0 Å². The third kappa shape index (κ3) is 3.96. The number of nitro groups is 1. The summed E-state index contributed by atoms with van der Waals surface area (Å²) in [6, 6.07) is 17.3. The molecule has 29 heavy (non-hydrogen) atoms. The molecule has 8 heteroatoms. The van der Waals surface area contributed by atoms with Gasteiger partial charge in [0, 0.05) is 34.3 Å². The summed E-state index contributed by atoms with van der Waals surface area (Å²) < 4.78 is 16.0. The van der Waals surface area contributed by atoms with E-state index in [2.05, 4.69) is 15.5 Å². The third-order valence-electron chi connectivity index (χ3n) is 4.46. The highest BCUT2D eigenvalue weighted by atomic mass is 19.1. The number of pyridine rings is 1. The van der Waals surface area contributed by atoms with E-state index in [9.17, 15) is 14.5 Å². The Balaban J connectivity index is 1.58. The van der Waals surface area contributed by atoms with Crippen molar-refractivity contribution in [2.75, 3.05) is 5.43 Å². The average molecular weight is 389 g/mol. The molecule has 4 aromatic rings. The number of hydrogen-bond acceptors (Lipinski definition) is 5. The molecule has 0 amide bonds. The van der Waals surface area contributed by atoms with Crippen LogP contribution in [0.2, 0.25) is 0 Å². The summed E-state index contributed by atoms with van der Waals surface area (Å²) in [7, 11) is 0. The highest BCUT2D eigenvalue weighted by Crippen LogP contribution is 2.22. The van der Waals surface area contributed by atoms with Crippen molar-refractivity contribution < 1.29 is 9.31 Å². The molecule has 0 aliphatic carbocycles. The van der Waals surface area contributed by atoms with Crippen molar-refractivity contribution in [3.05, 3.63) is 100 Å². The summed E-state index contributed by atoms with van der Waals surface area (Å²) in [6.07, 6.45) is 4.72. The molecule has 1 N–H and O–H groups in total. The molecule has 0 unspecified atom stereocenters. The molecule has 2 aromatic carbocycles. The molecule has 0 aliphatic rings. The molecule has 0 spiro atoms. The summed E-state index contributed by atoms with van der Waals surface area (Å²) in [5, 5.41) is 15.8. The van der Waals surface area contributed by atoms with Crippen LogP contribution in [0.5, 0.6) is 0 Å².